The molecule has 2 aromatic carbocycles. The Morgan fingerprint density at radius 2 is 1.86 bits per heavy atom. The Morgan fingerprint density at radius 3 is 2.54 bits per heavy atom. The number of amides is 1. The van der Waals surface area contributed by atoms with Crippen LogP contribution in [0, 0.1) is 13.8 Å². The van der Waals surface area contributed by atoms with E-state index in [-0.39, 0.29) is 5.91 Å². The summed E-state index contributed by atoms with van der Waals surface area (Å²) in [4.78, 5) is 27.3. The van der Waals surface area contributed by atoms with Gasteiger partial charge >= 0.3 is 0 Å². The van der Waals surface area contributed by atoms with Crippen LogP contribution < -0.4 is 10.2 Å². The topological polar surface area (TPSA) is 64.3 Å². The molecule has 6 nitrogen and oxygen atoms in total. The molecule has 2 aromatic heterocycles. The van der Waals surface area contributed by atoms with Crippen LogP contribution in [-0.4, -0.2) is 53.0 Å². The van der Waals surface area contributed by atoms with Gasteiger partial charge in [-0.15, -0.1) is 11.3 Å². The number of aromatic nitrogens is 2. The first-order chi connectivity index (χ1) is 17.7. The van der Waals surface area contributed by atoms with Gasteiger partial charge in [-0.2, -0.15) is 0 Å². The first-order valence-electron chi connectivity index (χ1n) is 12.5. The number of nitrogens with zero attached hydrogens (tertiary/aromatic N) is 3. The molecule has 2 atom stereocenters. The van der Waals surface area contributed by atoms with Crippen molar-refractivity contribution in [1.29, 1.82) is 0 Å². The van der Waals surface area contributed by atoms with Gasteiger partial charge in [0, 0.05) is 53.4 Å². The number of carbonyl (C=O) groups excluding carboxylic acids is 1. The summed E-state index contributed by atoms with van der Waals surface area (Å²) in [5.74, 6) is 0.533. The van der Waals surface area contributed by atoms with Crippen molar-refractivity contribution in [1.82, 2.24) is 14.9 Å². The second-order valence-corrected chi connectivity index (χ2v) is 11.3. The van der Waals surface area contributed by atoms with Gasteiger partial charge in [-0.05, 0) is 88.2 Å². The molecule has 4 aromatic rings. The number of carbonyl (C=O) groups is 1. The minimum atomic E-state index is -0.146. The zero-order valence-electron chi connectivity index (χ0n) is 21.8. The number of hydrogen-bond acceptors (Lipinski definition) is 5. The summed E-state index contributed by atoms with van der Waals surface area (Å²) in [6, 6.07) is 16.6. The minimum Gasteiger partial charge on any atom is -0.368 e. The molecule has 37 heavy (non-hydrogen) atoms. The Kier molecular flexibility index (Phi) is 7.12. The van der Waals surface area contributed by atoms with Crippen molar-refractivity contribution in [2.24, 2.45) is 0 Å². The third-order valence-electron chi connectivity index (χ3n) is 7.30. The van der Waals surface area contributed by atoms with Crippen LogP contribution in [-0.2, 0) is 0 Å². The van der Waals surface area contributed by atoms with Crippen molar-refractivity contribution in [3.05, 3.63) is 75.8 Å². The molecule has 0 bridgehead atoms. The molecule has 0 spiro atoms. The number of H-pyrrole nitrogens is 1. The molecule has 8 heteroatoms. The van der Waals surface area contributed by atoms with Gasteiger partial charge in [-0.25, -0.2) is 4.98 Å². The number of imidazole rings is 1. The largest absolute Gasteiger partial charge is 0.368 e. The van der Waals surface area contributed by atoms with Crippen molar-refractivity contribution >= 4 is 40.2 Å². The predicted octanol–water partition coefficient (Wildman–Crippen LogP) is 6.86. The molecule has 3 heterocycles. The lowest BCUT2D eigenvalue weighted by Gasteiger charge is -2.43. The second-order valence-electron chi connectivity index (χ2n) is 9.95. The van der Waals surface area contributed by atoms with Crippen LogP contribution in [0.15, 0.2) is 53.9 Å². The molecule has 1 fully saturated rings. The van der Waals surface area contributed by atoms with Crippen LogP contribution >= 0.6 is 22.9 Å². The van der Waals surface area contributed by atoms with Gasteiger partial charge in [0.25, 0.3) is 5.91 Å². The highest BCUT2D eigenvalue weighted by atomic mass is 35.5. The lowest BCUT2D eigenvalue weighted by atomic mass is 10.0. The van der Waals surface area contributed by atoms with E-state index in [1.165, 1.54) is 0 Å². The van der Waals surface area contributed by atoms with Gasteiger partial charge in [-0.1, -0.05) is 17.7 Å². The van der Waals surface area contributed by atoms with E-state index in [1.54, 1.807) is 17.4 Å². The number of likely N-dealkylation sites (N-methyl/N-ethyl adjacent to an activating group) is 1. The SMILES string of the molecule is Cc1cc(N2C[C@@H](C)N(C)[C@@H](C)C2)ccc1C(=O)Nc1ccc(Cl)c(-c2nc(-c3cccs3)c(C)[nH]2)c1. The Hall–Kier alpha value is -3.13. The Bertz CT molecular complexity index is 1420. The summed E-state index contributed by atoms with van der Waals surface area (Å²) in [5.41, 5.74) is 6.06. The number of benzene rings is 2. The molecule has 0 saturated carbocycles. The number of rotatable bonds is 5. The van der Waals surface area contributed by atoms with Gasteiger partial charge in [0.15, 0.2) is 0 Å². The van der Waals surface area contributed by atoms with Gasteiger partial charge in [0.05, 0.1) is 9.90 Å². The summed E-state index contributed by atoms with van der Waals surface area (Å²) in [5, 5.41) is 5.65. The van der Waals surface area contributed by atoms with Crippen molar-refractivity contribution in [3.63, 3.8) is 0 Å². The van der Waals surface area contributed by atoms with Crippen molar-refractivity contribution in [3.8, 4) is 22.0 Å². The maximum Gasteiger partial charge on any atom is 0.255 e. The Labute approximate surface area is 227 Å². The molecule has 5 rings (SSSR count). The van der Waals surface area contributed by atoms with E-state index in [4.69, 9.17) is 16.6 Å². The van der Waals surface area contributed by atoms with Gasteiger partial charge < -0.3 is 15.2 Å². The highest BCUT2D eigenvalue weighted by Crippen LogP contribution is 2.33. The molecule has 0 aliphatic carbocycles. The van der Waals surface area contributed by atoms with Crippen molar-refractivity contribution < 1.29 is 4.79 Å². The maximum atomic E-state index is 13.2. The number of aryl methyl sites for hydroxylation is 2. The monoisotopic (exact) mass is 533 g/mol. The lowest BCUT2D eigenvalue weighted by molar-refractivity contribution is 0.102. The van der Waals surface area contributed by atoms with Crippen LogP contribution in [0.2, 0.25) is 5.02 Å². The fourth-order valence-electron chi connectivity index (χ4n) is 4.94. The van der Waals surface area contributed by atoms with E-state index in [0.29, 0.717) is 34.2 Å². The van der Waals surface area contributed by atoms with E-state index in [2.05, 4.69) is 53.1 Å². The van der Waals surface area contributed by atoms with Crippen LogP contribution in [0.1, 0.15) is 35.5 Å². The average molecular weight is 534 g/mol. The summed E-state index contributed by atoms with van der Waals surface area (Å²) >= 11 is 8.18. The number of anilines is 2. The number of piperazine rings is 1. The van der Waals surface area contributed by atoms with E-state index >= 15 is 0 Å². The van der Waals surface area contributed by atoms with E-state index in [0.717, 1.165) is 46.2 Å². The predicted molar refractivity (Wildman–Crippen MR) is 155 cm³/mol. The lowest BCUT2D eigenvalue weighted by Crippen LogP contribution is -2.55. The molecule has 0 radical (unpaired) electrons. The highest BCUT2D eigenvalue weighted by molar-refractivity contribution is 7.13. The summed E-state index contributed by atoms with van der Waals surface area (Å²) < 4.78 is 0. The number of halogens is 1. The molecule has 1 saturated heterocycles. The fraction of sp³-hybridized carbons (Fsp3) is 0.310. The second kappa shape index (κ2) is 10.3. The Balaban J connectivity index is 1.35. The molecule has 1 aliphatic heterocycles. The molecule has 2 N–H and O–H groups in total. The quantitative estimate of drug-likeness (QED) is 0.294. The van der Waals surface area contributed by atoms with Crippen LogP contribution in [0.3, 0.4) is 0 Å². The number of nitrogens with one attached hydrogen (secondary N) is 2. The maximum absolute atomic E-state index is 13.2. The zero-order chi connectivity index (χ0) is 26.3. The average Bonchev–Trinajstić information content (AvgIpc) is 3.53. The molecule has 1 aliphatic rings. The van der Waals surface area contributed by atoms with E-state index in [9.17, 15) is 4.79 Å². The smallest absolute Gasteiger partial charge is 0.255 e. The van der Waals surface area contributed by atoms with Gasteiger partial charge in [-0.3, -0.25) is 9.69 Å². The summed E-state index contributed by atoms with van der Waals surface area (Å²) in [7, 11) is 2.18. The Morgan fingerprint density at radius 1 is 1.11 bits per heavy atom. The standard InChI is InChI=1S/C29H32ClN5OS/c1-17-13-22(35-15-18(2)34(5)19(3)16-35)9-10-23(17)29(36)32-21-8-11-25(30)24(14-21)28-31-20(4)27(33-28)26-7-6-12-37-26/h6-14,18-19H,15-16H2,1-5H3,(H,31,33)(H,32,36)/t18-,19+. The zero-order valence-corrected chi connectivity index (χ0v) is 23.4. The van der Waals surface area contributed by atoms with Crippen LogP contribution in [0.25, 0.3) is 22.0 Å². The normalized spacial score (nSPS) is 18.3. The van der Waals surface area contributed by atoms with E-state index in [1.807, 2.05) is 49.6 Å². The van der Waals surface area contributed by atoms with Crippen molar-refractivity contribution in [2.75, 3.05) is 30.4 Å². The van der Waals surface area contributed by atoms with Crippen LogP contribution in [0.5, 0.6) is 0 Å². The third-order valence-corrected chi connectivity index (χ3v) is 8.50. The number of aromatic amines is 1. The molecule has 1 amide bonds. The summed E-state index contributed by atoms with van der Waals surface area (Å²) in [6.07, 6.45) is 0. The summed E-state index contributed by atoms with van der Waals surface area (Å²) in [6.45, 7) is 10.4. The number of thiophene rings is 1. The fourth-order valence-corrected chi connectivity index (χ4v) is 5.92. The van der Waals surface area contributed by atoms with Gasteiger partial charge in [0.1, 0.15) is 11.5 Å². The molecule has 192 valence electrons. The third kappa shape index (κ3) is 5.17. The number of hydrogen-bond donors (Lipinski definition) is 2. The van der Waals surface area contributed by atoms with Crippen LogP contribution in [0.4, 0.5) is 11.4 Å². The molecular formula is C29H32ClN5OS. The first-order valence-corrected chi connectivity index (χ1v) is 13.8. The van der Waals surface area contributed by atoms with Crippen molar-refractivity contribution in [2.45, 2.75) is 39.8 Å². The minimum absolute atomic E-state index is 0.146. The van der Waals surface area contributed by atoms with E-state index < -0.39 is 0 Å². The first kappa shape index (κ1) is 25.5. The van der Waals surface area contributed by atoms with Gasteiger partial charge in [0.2, 0.25) is 0 Å². The molecule has 0 unspecified atom stereocenters. The highest BCUT2D eigenvalue weighted by Gasteiger charge is 2.27. The molecular weight excluding hydrogens is 502 g/mol.